The van der Waals surface area contributed by atoms with Crippen LogP contribution in [0.3, 0.4) is 0 Å². The molecule has 0 saturated heterocycles. The van der Waals surface area contributed by atoms with Crippen LogP contribution in [0.25, 0.3) is 0 Å². The fraction of sp³-hybridized carbons (Fsp3) is 0.750. The molecule has 0 aromatic rings. The molecule has 0 aromatic heterocycles. The third kappa shape index (κ3) is 3.07. The van der Waals surface area contributed by atoms with Crippen molar-refractivity contribution in [2.75, 3.05) is 0 Å². The highest BCUT2D eigenvalue weighted by Gasteiger charge is 2.76. The molecule has 0 spiro atoms. The van der Waals surface area contributed by atoms with Gasteiger partial charge in [0, 0.05) is 0 Å². The average Bonchev–Trinajstić information content (AvgIpc) is 2.14. The van der Waals surface area contributed by atoms with Crippen LogP contribution < -0.4 is 5.32 Å². The molecule has 0 saturated carbocycles. The molecule has 0 atom stereocenters. The molecule has 0 aromatic carbocycles. The number of amides is 1. The van der Waals surface area contributed by atoms with Gasteiger partial charge in [0.2, 0.25) is 0 Å². The van der Waals surface area contributed by atoms with Crippen molar-refractivity contribution >= 4 is 11.9 Å². The van der Waals surface area contributed by atoms with Gasteiger partial charge >= 0.3 is 24.0 Å². The number of hydrogen-bond donors (Lipinski definition) is 2. The Bertz CT molecular complexity index is 388. The summed E-state index contributed by atoms with van der Waals surface area (Å²) in [5, 5.41) is 9.35. The standard InChI is InChI=1S/C8H8F7NO3/c1-5(2,4(18)19)16-3(17)6(9,10)7(11,12)8(13,14)15/h1-2H3,(H,16,17)(H,18,19). The summed E-state index contributed by atoms with van der Waals surface area (Å²) in [5.74, 6) is -17.7. The summed E-state index contributed by atoms with van der Waals surface area (Å²) >= 11 is 0. The molecule has 11 heteroatoms. The van der Waals surface area contributed by atoms with Gasteiger partial charge in [0.25, 0.3) is 5.91 Å². The molecule has 0 bridgehead atoms. The summed E-state index contributed by atoms with van der Waals surface area (Å²) < 4.78 is 85.8. The van der Waals surface area contributed by atoms with Crippen molar-refractivity contribution in [1.29, 1.82) is 0 Å². The molecule has 112 valence electrons. The number of hydrogen-bond acceptors (Lipinski definition) is 2. The number of carboxylic acid groups (broad SMARTS) is 1. The van der Waals surface area contributed by atoms with E-state index in [-0.39, 0.29) is 0 Å². The van der Waals surface area contributed by atoms with Gasteiger partial charge in [0.05, 0.1) is 0 Å². The number of halogens is 7. The highest BCUT2D eigenvalue weighted by atomic mass is 19.4. The van der Waals surface area contributed by atoms with Gasteiger partial charge in [-0.25, -0.2) is 4.79 Å². The molecule has 2 N–H and O–H groups in total. The van der Waals surface area contributed by atoms with E-state index in [1.54, 1.807) is 0 Å². The third-order valence-electron chi connectivity index (χ3n) is 2.00. The molecular formula is C8H8F7NO3. The van der Waals surface area contributed by atoms with E-state index >= 15 is 0 Å². The Kier molecular flexibility index (Phi) is 4.16. The SMILES string of the molecule is CC(C)(NC(=O)C(F)(F)C(F)(F)C(F)(F)F)C(=O)O. The van der Waals surface area contributed by atoms with Gasteiger partial charge < -0.3 is 10.4 Å². The van der Waals surface area contributed by atoms with Crippen LogP contribution in [0, 0.1) is 0 Å². The fourth-order valence-corrected chi connectivity index (χ4v) is 0.736. The molecule has 4 nitrogen and oxygen atoms in total. The number of carbonyl (C=O) groups excluding carboxylic acids is 1. The van der Waals surface area contributed by atoms with Gasteiger partial charge in [-0.2, -0.15) is 30.7 Å². The van der Waals surface area contributed by atoms with Gasteiger partial charge in [-0.05, 0) is 13.8 Å². The number of carbonyl (C=O) groups is 2. The van der Waals surface area contributed by atoms with Crippen LogP contribution in [0.15, 0.2) is 0 Å². The Hall–Kier alpha value is -1.55. The molecule has 0 unspecified atom stereocenters. The van der Waals surface area contributed by atoms with Crippen molar-refractivity contribution in [3.63, 3.8) is 0 Å². The van der Waals surface area contributed by atoms with Crippen LogP contribution in [0.4, 0.5) is 30.7 Å². The monoisotopic (exact) mass is 299 g/mol. The Labute approximate surface area is 101 Å². The molecular weight excluding hydrogens is 291 g/mol. The van der Waals surface area contributed by atoms with E-state index in [1.807, 2.05) is 0 Å². The topological polar surface area (TPSA) is 66.4 Å². The normalized spacial score (nSPS) is 14.2. The van der Waals surface area contributed by atoms with Gasteiger partial charge in [0.1, 0.15) is 5.54 Å². The molecule has 1 amide bonds. The first-order valence-electron chi connectivity index (χ1n) is 4.45. The van der Waals surface area contributed by atoms with Crippen molar-refractivity contribution in [2.24, 2.45) is 0 Å². The summed E-state index contributed by atoms with van der Waals surface area (Å²) in [6, 6.07) is 0. The highest BCUT2D eigenvalue weighted by Crippen LogP contribution is 2.46. The summed E-state index contributed by atoms with van der Waals surface area (Å²) in [4.78, 5) is 21.2. The Balaban J connectivity index is 5.35. The zero-order valence-corrected chi connectivity index (χ0v) is 9.41. The largest absolute Gasteiger partial charge is 0.480 e. The minimum atomic E-state index is -6.67. The van der Waals surface area contributed by atoms with Gasteiger partial charge in [-0.15, -0.1) is 0 Å². The molecule has 0 aliphatic rings. The number of aliphatic carboxylic acids is 1. The maximum absolute atomic E-state index is 12.8. The van der Waals surface area contributed by atoms with Crippen LogP contribution in [0.2, 0.25) is 0 Å². The van der Waals surface area contributed by atoms with E-state index in [0.717, 1.165) is 5.32 Å². The van der Waals surface area contributed by atoms with Crippen molar-refractivity contribution in [3.8, 4) is 0 Å². The van der Waals surface area contributed by atoms with Crippen molar-refractivity contribution < 1.29 is 45.4 Å². The minimum Gasteiger partial charge on any atom is -0.480 e. The smallest absolute Gasteiger partial charge is 0.460 e. The molecule has 0 aliphatic carbocycles. The predicted molar refractivity (Wildman–Crippen MR) is 45.8 cm³/mol. The van der Waals surface area contributed by atoms with Crippen LogP contribution >= 0.6 is 0 Å². The molecule has 0 radical (unpaired) electrons. The predicted octanol–water partition coefficient (Wildman–Crippen LogP) is 1.80. The first-order chi connectivity index (χ1) is 8.07. The van der Waals surface area contributed by atoms with E-state index in [2.05, 4.69) is 0 Å². The number of nitrogens with one attached hydrogen (secondary N) is 1. The number of carboxylic acids is 1. The van der Waals surface area contributed by atoms with Crippen molar-refractivity contribution in [2.45, 2.75) is 37.4 Å². The van der Waals surface area contributed by atoms with E-state index in [0.29, 0.717) is 13.8 Å². The van der Waals surface area contributed by atoms with Crippen LogP contribution in [-0.4, -0.2) is 40.5 Å². The lowest BCUT2D eigenvalue weighted by Crippen LogP contribution is -2.63. The Morgan fingerprint density at radius 3 is 1.58 bits per heavy atom. The molecule has 19 heavy (non-hydrogen) atoms. The second-order valence-electron chi connectivity index (χ2n) is 4.03. The third-order valence-corrected chi connectivity index (χ3v) is 2.00. The Morgan fingerprint density at radius 1 is 0.947 bits per heavy atom. The quantitative estimate of drug-likeness (QED) is 0.778. The average molecular weight is 299 g/mol. The van der Waals surface area contributed by atoms with Crippen LogP contribution in [0.5, 0.6) is 0 Å². The molecule has 0 aliphatic heterocycles. The first kappa shape index (κ1) is 17.4. The maximum atomic E-state index is 12.8. The van der Waals surface area contributed by atoms with E-state index < -0.39 is 35.4 Å². The van der Waals surface area contributed by atoms with Crippen molar-refractivity contribution in [1.82, 2.24) is 5.32 Å². The van der Waals surface area contributed by atoms with Gasteiger partial charge in [0.15, 0.2) is 0 Å². The summed E-state index contributed by atoms with van der Waals surface area (Å²) in [6.45, 7) is 1.27. The summed E-state index contributed by atoms with van der Waals surface area (Å²) in [7, 11) is 0. The second kappa shape index (κ2) is 4.53. The summed E-state index contributed by atoms with van der Waals surface area (Å²) in [6.07, 6.45) is -6.67. The van der Waals surface area contributed by atoms with Crippen LogP contribution in [-0.2, 0) is 9.59 Å². The lowest BCUT2D eigenvalue weighted by Gasteiger charge is -2.30. The van der Waals surface area contributed by atoms with Gasteiger partial charge in [-0.3, -0.25) is 4.79 Å². The second-order valence-corrected chi connectivity index (χ2v) is 4.03. The lowest BCUT2D eigenvalue weighted by atomic mass is 10.0. The highest BCUT2D eigenvalue weighted by molar-refractivity contribution is 5.90. The zero-order valence-electron chi connectivity index (χ0n) is 9.41. The number of rotatable bonds is 4. The van der Waals surface area contributed by atoms with Gasteiger partial charge in [-0.1, -0.05) is 0 Å². The minimum absolute atomic E-state index is 0.634. The van der Waals surface area contributed by atoms with E-state index in [1.165, 1.54) is 0 Å². The summed E-state index contributed by atoms with van der Waals surface area (Å²) in [5.41, 5.74) is -2.44. The maximum Gasteiger partial charge on any atom is 0.460 e. The zero-order chi connectivity index (χ0) is 15.9. The van der Waals surface area contributed by atoms with E-state index in [4.69, 9.17) is 5.11 Å². The van der Waals surface area contributed by atoms with Crippen LogP contribution in [0.1, 0.15) is 13.8 Å². The lowest BCUT2D eigenvalue weighted by molar-refractivity contribution is -0.344. The fourth-order valence-electron chi connectivity index (χ4n) is 0.736. The van der Waals surface area contributed by atoms with Crippen molar-refractivity contribution in [3.05, 3.63) is 0 Å². The molecule has 0 heterocycles. The molecule has 0 fully saturated rings. The first-order valence-corrected chi connectivity index (χ1v) is 4.45. The Morgan fingerprint density at radius 2 is 1.32 bits per heavy atom. The molecule has 0 rings (SSSR count). The van der Waals surface area contributed by atoms with E-state index in [9.17, 15) is 40.3 Å². The number of alkyl halides is 7.